The fourth-order valence-corrected chi connectivity index (χ4v) is 2.59. The second-order valence-corrected chi connectivity index (χ2v) is 5.62. The van der Waals surface area contributed by atoms with Gasteiger partial charge in [0.25, 0.3) is 0 Å². The Kier molecular flexibility index (Phi) is 4.76. The second-order valence-electron chi connectivity index (χ2n) is 4.18. The molecule has 0 fully saturated rings. The Morgan fingerprint density at radius 1 is 1.25 bits per heavy atom. The Bertz CT molecular complexity index is 626. The number of benzene rings is 1. The summed E-state index contributed by atoms with van der Waals surface area (Å²) in [4.78, 5) is 23.8. The minimum absolute atomic E-state index is 0.101. The molecular formula is C14H13ClN2O2S. The number of hydrogen-bond donors (Lipinski definition) is 2. The average Bonchev–Trinajstić information content (AvgIpc) is 2.85. The van der Waals surface area contributed by atoms with Gasteiger partial charge in [-0.1, -0.05) is 17.7 Å². The number of thiophene rings is 1. The highest BCUT2D eigenvalue weighted by Gasteiger charge is 2.07. The topological polar surface area (TPSA) is 58.2 Å². The van der Waals surface area contributed by atoms with E-state index in [0.717, 1.165) is 4.88 Å². The van der Waals surface area contributed by atoms with Crippen LogP contribution in [0.1, 0.15) is 11.8 Å². The van der Waals surface area contributed by atoms with Crippen molar-refractivity contribution < 1.29 is 9.59 Å². The van der Waals surface area contributed by atoms with Crippen molar-refractivity contribution in [2.75, 3.05) is 10.6 Å². The quantitative estimate of drug-likeness (QED) is 0.907. The van der Waals surface area contributed by atoms with E-state index >= 15 is 0 Å². The van der Waals surface area contributed by atoms with Gasteiger partial charge in [0.15, 0.2) is 0 Å². The molecule has 4 nitrogen and oxygen atoms in total. The lowest BCUT2D eigenvalue weighted by atomic mass is 10.2. The van der Waals surface area contributed by atoms with Gasteiger partial charge in [-0.3, -0.25) is 9.59 Å². The number of halogens is 1. The van der Waals surface area contributed by atoms with Crippen LogP contribution in [0.5, 0.6) is 0 Å². The van der Waals surface area contributed by atoms with Crippen molar-refractivity contribution in [2.24, 2.45) is 0 Å². The first-order valence-electron chi connectivity index (χ1n) is 5.94. The standard InChI is InChI=1S/C14H13ClN2O2S/c1-9(18)16-13-5-4-10(7-12(13)15)17-14(19)8-11-3-2-6-20-11/h2-7H,8H2,1H3,(H,16,18)(H,17,19). The number of nitrogens with one attached hydrogen (secondary N) is 2. The minimum Gasteiger partial charge on any atom is -0.326 e. The van der Waals surface area contributed by atoms with Crippen molar-refractivity contribution in [1.82, 2.24) is 0 Å². The molecule has 0 aliphatic carbocycles. The lowest BCUT2D eigenvalue weighted by Crippen LogP contribution is -2.14. The zero-order valence-electron chi connectivity index (χ0n) is 10.8. The van der Waals surface area contributed by atoms with Gasteiger partial charge in [0.05, 0.1) is 17.1 Å². The summed E-state index contributed by atoms with van der Waals surface area (Å²) in [6.07, 6.45) is 0.336. The van der Waals surface area contributed by atoms with Crippen LogP contribution in [0.25, 0.3) is 0 Å². The van der Waals surface area contributed by atoms with E-state index in [-0.39, 0.29) is 11.8 Å². The Morgan fingerprint density at radius 2 is 2.05 bits per heavy atom. The van der Waals surface area contributed by atoms with Gasteiger partial charge in [-0.15, -0.1) is 11.3 Å². The van der Waals surface area contributed by atoms with Crippen molar-refractivity contribution in [3.05, 3.63) is 45.6 Å². The molecular weight excluding hydrogens is 296 g/mol. The molecule has 0 atom stereocenters. The van der Waals surface area contributed by atoms with Crippen LogP contribution in [0.2, 0.25) is 5.02 Å². The molecule has 2 aromatic rings. The molecule has 0 aliphatic heterocycles. The fraction of sp³-hybridized carbons (Fsp3) is 0.143. The van der Waals surface area contributed by atoms with E-state index in [2.05, 4.69) is 10.6 Å². The Labute approximate surface area is 125 Å². The molecule has 20 heavy (non-hydrogen) atoms. The van der Waals surface area contributed by atoms with E-state index in [4.69, 9.17) is 11.6 Å². The van der Waals surface area contributed by atoms with E-state index in [1.54, 1.807) is 18.2 Å². The van der Waals surface area contributed by atoms with Gasteiger partial charge < -0.3 is 10.6 Å². The number of hydrogen-bond acceptors (Lipinski definition) is 3. The van der Waals surface area contributed by atoms with Crippen molar-refractivity contribution in [1.29, 1.82) is 0 Å². The highest BCUT2D eigenvalue weighted by Crippen LogP contribution is 2.25. The summed E-state index contributed by atoms with van der Waals surface area (Å²) in [6.45, 7) is 1.41. The van der Waals surface area contributed by atoms with Crippen LogP contribution in [0.15, 0.2) is 35.7 Å². The van der Waals surface area contributed by atoms with Gasteiger partial charge in [-0.2, -0.15) is 0 Å². The van der Waals surface area contributed by atoms with Gasteiger partial charge in [-0.05, 0) is 29.6 Å². The minimum atomic E-state index is -0.193. The van der Waals surface area contributed by atoms with Crippen LogP contribution >= 0.6 is 22.9 Å². The molecule has 2 amide bonds. The number of rotatable bonds is 4. The van der Waals surface area contributed by atoms with Gasteiger partial charge in [0.1, 0.15) is 0 Å². The monoisotopic (exact) mass is 308 g/mol. The van der Waals surface area contributed by atoms with E-state index in [1.165, 1.54) is 18.3 Å². The molecule has 1 aromatic carbocycles. The zero-order chi connectivity index (χ0) is 14.5. The maximum Gasteiger partial charge on any atom is 0.229 e. The molecule has 6 heteroatoms. The van der Waals surface area contributed by atoms with Crippen molar-refractivity contribution in [3.8, 4) is 0 Å². The number of amides is 2. The third-order valence-electron chi connectivity index (χ3n) is 2.48. The summed E-state index contributed by atoms with van der Waals surface area (Å²) in [6, 6.07) is 8.79. The molecule has 0 unspecified atom stereocenters. The molecule has 0 bridgehead atoms. The summed E-state index contributed by atoms with van der Waals surface area (Å²) in [5, 5.41) is 7.70. The molecule has 1 heterocycles. The summed E-state index contributed by atoms with van der Waals surface area (Å²) in [5.74, 6) is -0.294. The van der Waals surface area contributed by atoms with Crippen molar-refractivity contribution in [2.45, 2.75) is 13.3 Å². The first kappa shape index (κ1) is 14.6. The normalized spacial score (nSPS) is 10.1. The maximum absolute atomic E-state index is 11.8. The Balaban J connectivity index is 2.01. The van der Waals surface area contributed by atoms with Gasteiger partial charge in [0.2, 0.25) is 11.8 Å². The number of anilines is 2. The van der Waals surface area contributed by atoms with Gasteiger partial charge in [-0.25, -0.2) is 0 Å². The van der Waals surface area contributed by atoms with Crippen LogP contribution in [-0.4, -0.2) is 11.8 Å². The lowest BCUT2D eigenvalue weighted by molar-refractivity contribution is -0.116. The molecule has 104 valence electrons. The highest BCUT2D eigenvalue weighted by atomic mass is 35.5. The maximum atomic E-state index is 11.8. The Morgan fingerprint density at radius 3 is 2.65 bits per heavy atom. The second kappa shape index (κ2) is 6.54. The van der Waals surface area contributed by atoms with Crippen LogP contribution < -0.4 is 10.6 Å². The lowest BCUT2D eigenvalue weighted by Gasteiger charge is -2.08. The van der Waals surface area contributed by atoms with Crippen molar-refractivity contribution >= 4 is 46.1 Å². The van der Waals surface area contributed by atoms with Crippen LogP contribution in [0.3, 0.4) is 0 Å². The third kappa shape index (κ3) is 4.08. The molecule has 0 spiro atoms. The zero-order valence-corrected chi connectivity index (χ0v) is 12.3. The van der Waals surface area contributed by atoms with Crippen LogP contribution in [0.4, 0.5) is 11.4 Å². The predicted octanol–water partition coefficient (Wildman–Crippen LogP) is 3.54. The molecule has 0 aliphatic rings. The molecule has 0 radical (unpaired) electrons. The summed E-state index contributed by atoms with van der Waals surface area (Å²) in [5.41, 5.74) is 1.13. The highest BCUT2D eigenvalue weighted by molar-refractivity contribution is 7.10. The van der Waals surface area contributed by atoms with E-state index in [0.29, 0.717) is 22.8 Å². The SMILES string of the molecule is CC(=O)Nc1ccc(NC(=O)Cc2cccs2)cc1Cl. The average molecular weight is 309 g/mol. The molecule has 2 N–H and O–H groups in total. The molecule has 2 rings (SSSR count). The molecule has 0 saturated carbocycles. The third-order valence-corrected chi connectivity index (χ3v) is 3.67. The first-order valence-corrected chi connectivity index (χ1v) is 7.20. The predicted molar refractivity (Wildman–Crippen MR) is 82.4 cm³/mol. The fourth-order valence-electron chi connectivity index (χ4n) is 1.66. The first-order chi connectivity index (χ1) is 9.54. The molecule has 1 aromatic heterocycles. The van der Waals surface area contributed by atoms with Crippen LogP contribution in [-0.2, 0) is 16.0 Å². The summed E-state index contributed by atoms with van der Waals surface area (Å²) >= 11 is 7.58. The number of carbonyl (C=O) groups excluding carboxylic acids is 2. The summed E-state index contributed by atoms with van der Waals surface area (Å²) < 4.78 is 0. The number of carbonyl (C=O) groups is 2. The molecule has 0 saturated heterocycles. The van der Waals surface area contributed by atoms with E-state index < -0.39 is 0 Å². The van der Waals surface area contributed by atoms with Gasteiger partial charge >= 0.3 is 0 Å². The largest absolute Gasteiger partial charge is 0.326 e. The van der Waals surface area contributed by atoms with Gasteiger partial charge in [0, 0.05) is 17.5 Å². The smallest absolute Gasteiger partial charge is 0.229 e. The van der Waals surface area contributed by atoms with E-state index in [9.17, 15) is 9.59 Å². The van der Waals surface area contributed by atoms with E-state index in [1.807, 2.05) is 17.5 Å². The van der Waals surface area contributed by atoms with Crippen LogP contribution in [0, 0.1) is 0 Å². The summed E-state index contributed by atoms with van der Waals surface area (Å²) in [7, 11) is 0. The Hall–Kier alpha value is -1.85. The van der Waals surface area contributed by atoms with Crippen molar-refractivity contribution in [3.63, 3.8) is 0 Å².